The summed E-state index contributed by atoms with van der Waals surface area (Å²) in [5.74, 6) is -1.27. The van der Waals surface area contributed by atoms with Crippen molar-refractivity contribution >= 4 is 23.2 Å². The molecular weight excluding hydrogens is 401 g/mol. The van der Waals surface area contributed by atoms with Gasteiger partial charge >= 0.3 is 6.18 Å². The molecule has 0 fully saturated rings. The number of nitrogens with zero attached hydrogens (tertiary/aromatic N) is 1. The Morgan fingerprint density at radius 1 is 1.03 bits per heavy atom. The molecule has 0 spiro atoms. The lowest BCUT2D eigenvalue weighted by molar-refractivity contribution is -0.137. The predicted molar refractivity (Wildman–Crippen MR) is 104 cm³/mol. The van der Waals surface area contributed by atoms with E-state index in [0.717, 1.165) is 12.1 Å². The van der Waals surface area contributed by atoms with E-state index in [0.29, 0.717) is 11.1 Å². The Kier molecular flexibility index (Phi) is 6.03. The van der Waals surface area contributed by atoms with E-state index < -0.39 is 29.6 Å². The van der Waals surface area contributed by atoms with Crippen LogP contribution < -0.4 is 5.73 Å². The van der Waals surface area contributed by atoms with Gasteiger partial charge in [0.2, 0.25) is 5.91 Å². The van der Waals surface area contributed by atoms with Crippen molar-refractivity contribution in [2.24, 2.45) is 5.73 Å². The van der Waals surface area contributed by atoms with Crippen molar-refractivity contribution in [1.82, 2.24) is 4.90 Å². The molecule has 0 aliphatic heterocycles. The van der Waals surface area contributed by atoms with Crippen molar-refractivity contribution < 1.29 is 22.8 Å². The standard InChI is InChI=1S/C21H17F3N2O2S/c22-21(23,24)17-8-4-5-14(11-17)12-26(20(28)15-6-2-1-3-7-15)18(19(25)27)16-9-10-29-13-16/h1-11,13,18H,12H2,(H2,25,27)/t18-/m1/s1. The molecule has 3 aromatic rings. The number of hydrogen-bond acceptors (Lipinski definition) is 3. The molecule has 2 N–H and O–H groups in total. The maximum atomic E-state index is 13.2. The number of amides is 2. The van der Waals surface area contributed by atoms with Crippen LogP contribution in [0.15, 0.2) is 71.4 Å². The summed E-state index contributed by atoms with van der Waals surface area (Å²) in [6.07, 6.45) is -4.51. The van der Waals surface area contributed by atoms with Gasteiger partial charge in [0.05, 0.1) is 5.56 Å². The number of nitrogens with two attached hydrogens (primary N) is 1. The topological polar surface area (TPSA) is 63.4 Å². The molecule has 0 saturated heterocycles. The molecule has 2 aromatic carbocycles. The van der Waals surface area contributed by atoms with E-state index in [1.807, 2.05) is 0 Å². The van der Waals surface area contributed by atoms with E-state index in [9.17, 15) is 22.8 Å². The first-order valence-electron chi connectivity index (χ1n) is 8.61. The third-order valence-corrected chi connectivity index (χ3v) is 5.03. The lowest BCUT2D eigenvalue weighted by atomic mass is 10.0. The summed E-state index contributed by atoms with van der Waals surface area (Å²) in [4.78, 5) is 26.6. The zero-order valence-corrected chi connectivity index (χ0v) is 15.9. The Bertz CT molecular complexity index is 989. The summed E-state index contributed by atoms with van der Waals surface area (Å²) in [7, 11) is 0. The van der Waals surface area contributed by atoms with E-state index in [1.165, 1.54) is 28.4 Å². The number of primary amides is 1. The van der Waals surface area contributed by atoms with Crippen LogP contribution in [0.5, 0.6) is 0 Å². The van der Waals surface area contributed by atoms with Crippen LogP contribution in [0.2, 0.25) is 0 Å². The third-order valence-electron chi connectivity index (χ3n) is 4.33. The number of rotatable bonds is 6. The van der Waals surface area contributed by atoms with Gasteiger partial charge in [-0.3, -0.25) is 9.59 Å². The lowest BCUT2D eigenvalue weighted by Gasteiger charge is -2.30. The van der Waals surface area contributed by atoms with Gasteiger partial charge in [-0.05, 0) is 52.2 Å². The SMILES string of the molecule is NC(=O)[C@@H](c1ccsc1)N(Cc1cccc(C(F)(F)F)c1)C(=O)c1ccccc1. The molecule has 0 aliphatic carbocycles. The van der Waals surface area contributed by atoms with E-state index in [-0.39, 0.29) is 12.1 Å². The summed E-state index contributed by atoms with van der Waals surface area (Å²) in [6.45, 7) is -0.207. The molecule has 4 nitrogen and oxygen atoms in total. The zero-order valence-electron chi connectivity index (χ0n) is 15.1. The number of carbonyl (C=O) groups excluding carboxylic acids is 2. The molecule has 3 rings (SSSR count). The highest BCUT2D eigenvalue weighted by Crippen LogP contribution is 2.31. The maximum Gasteiger partial charge on any atom is 0.416 e. The number of carbonyl (C=O) groups is 2. The maximum absolute atomic E-state index is 13.2. The zero-order chi connectivity index (χ0) is 21.0. The van der Waals surface area contributed by atoms with Crippen molar-refractivity contribution in [1.29, 1.82) is 0 Å². The van der Waals surface area contributed by atoms with E-state index in [2.05, 4.69) is 0 Å². The first-order valence-corrected chi connectivity index (χ1v) is 9.55. The Morgan fingerprint density at radius 3 is 2.34 bits per heavy atom. The fraction of sp³-hybridized carbons (Fsp3) is 0.143. The first kappa shape index (κ1) is 20.6. The average Bonchev–Trinajstić information content (AvgIpc) is 3.21. The van der Waals surface area contributed by atoms with Gasteiger partial charge in [0, 0.05) is 12.1 Å². The van der Waals surface area contributed by atoms with Crippen LogP contribution in [0.1, 0.15) is 33.1 Å². The molecule has 8 heteroatoms. The highest BCUT2D eigenvalue weighted by molar-refractivity contribution is 7.08. The molecule has 150 valence electrons. The Balaban J connectivity index is 2.03. The lowest BCUT2D eigenvalue weighted by Crippen LogP contribution is -2.41. The molecule has 0 aliphatic rings. The normalized spacial score (nSPS) is 12.4. The summed E-state index contributed by atoms with van der Waals surface area (Å²) < 4.78 is 39.3. The molecule has 1 heterocycles. The largest absolute Gasteiger partial charge is 0.416 e. The second-order valence-electron chi connectivity index (χ2n) is 6.36. The smallest absolute Gasteiger partial charge is 0.368 e. The van der Waals surface area contributed by atoms with Crippen molar-refractivity contribution in [3.8, 4) is 0 Å². The average molecular weight is 418 g/mol. The minimum absolute atomic E-state index is 0.207. The summed E-state index contributed by atoms with van der Waals surface area (Å²) in [5, 5.41) is 3.42. The molecule has 1 aromatic heterocycles. The van der Waals surface area contributed by atoms with Gasteiger partial charge in [0.25, 0.3) is 5.91 Å². The molecule has 0 unspecified atom stereocenters. The summed E-state index contributed by atoms with van der Waals surface area (Å²) in [5.41, 5.74) is 5.82. The molecule has 29 heavy (non-hydrogen) atoms. The van der Waals surface area contributed by atoms with E-state index >= 15 is 0 Å². The number of hydrogen-bond donors (Lipinski definition) is 1. The van der Waals surface area contributed by atoms with Crippen molar-refractivity contribution in [3.63, 3.8) is 0 Å². The first-order chi connectivity index (χ1) is 13.8. The minimum atomic E-state index is -4.51. The monoisotopic (exact) mass is 418 g/mol. The Morgan fingerprint density at radius 2 is 1.76 bits per heavy atom. The van der Waals surface area contributed by atoms with Gasteiger partial charge < -0.3 is 10.6 Å². The molecule has 2 amide bonds. The van der Waals surface area contributed by atoms with Crippen molar-refractivity contribution in [3.05, 3.63) is 93.7 Å². The molecule has 0 saturated carbocycles. The fourth-order valence-corrected chi connectivity index (χ4v) is 3.68. The van der Waals surface area contributed by atoms with E-state index in [1.54, 1.807) is 47.2 Å². The third kappa shape index (κ3) is 4.83. The summed E-state index contributed by atoms with van der Waals surface area (Å²) >= 11 is 1.33. The van der Waals surface area contributed by atoms with Gasteiger partial charge in [-0.2, -0.15) is 24.5 Å². The molecular formula is C21H17F3N2O2S. The Labute approximate surface area is 169 Å². The van der Waals surface area contributed by atoms with Crippen molar-refractivity contribution in [2.75, 3.05) is 0 Å². The summed E-state index contributed by atoms with van der Waals surface area (Å²) in [6, 6.07) is 13.5. The number of alkyl halides is 3. The van der Waals surface area contributed by atoms with Gasteiger partial charge in [0.1, 0.15) is 6.04 Å². The van der Waals surface area contributed by atoms with Crippen LogP contribution >= 0.6 is 11.3 Å². The van der Waals surface area contributed by atoms with Gasteiger partial charge in [-0.1, -0.05) is 30.3 Å². The van der Waals surface area contributed by atoms with Crippen LogP contribution in [0.4, 0.5) is 13.2 Å². The fourth-order valence-electron chi connectivity index (χ4n) is 3.00. The van der Waals surface area contributed by atoms with Crippen LogP contribution in [0.3, 0.4) is 0 Å². The minimum Gasteiger partial charge on any atom is -0.368 e. The quantitative estimate of drug-likeness (QED) is 0.634. The predicted octanol–water partition coefficient (Wildman–Crippen LogP) is 4.64. The van der Waals surface area contributed by atoms with Crippen LogP contribution in [0.25, 0.3) is 0 Å². The second-order valence-corrected chi connectivity index (χ2v) is 7.14. The van der Waals surface area contributed by atoms with Crippen molar-refractivity contribution in [2.45, 2.75) is 18.8 Å². The molecule has 1 atom stereocenters. The highest BCUT2D eigenvalue weighted by Gasteiger charge is 2.33. The van der Waals surface area contributed by atoms with Gasteiger partial charge in [-0.15, -0.1) is 0 Å². The van der Waals surface area contributed by atoms with Gasteiger partial charge in [0.15, 0.2) is 0 Å². The number of benzene rings is 2. The van der Waals surface area contributed by atoms with E-state index in [4.69, 9.17) is 5.73 Å². The second kappa shape index (κ2) is 8.48. The van der Waals surface area contributed by atoms with Crippen LogP contribution in [-0.4, -0.2) is 16.7 Å². The Hall–Kier alpha value is -3.13. The highest BCUT2D eigenvalue weighted by atomic mass is 32.1. The van der Waals surface area contributed by atoms with Crippen LogP contribution in [-0.2, 0) is 17.5 Å². The molecule has 0 bridgehead atoms. The number of thiophene rings is 1. The molecule has 0 radical (unpaired) electrons. The van der Waals surface area contributed by atoms with Crippen LogP contribution in [0, 0.1) is 0 Å². The number of halogens is 3. The van der Waals surface area contributed by atoms with Gasteiger partial charge in [-0.25, -0.2) is 0 Å².